The first kappa shape index (κ1) is 30.5. The van der Waals surface area contributed by atoms with Gasteiger partial charge in [0.15, 0.2) is 5.69 Å². The molecule has 2 amide bonds. The van der Waals surface area contributed by atoms with Gasteiger partial charge in [-0.15, -0.1) is 11.3 Å². The quantitative estimate of drug-likeness (QED) is 0.170. The highest BCUT2D eigenvalue weighted by Crippen LogP contribution is 2.43. The Kier molecular flexibility index (Phi) is 8.95. The number of nitrogens with one attached hydrogen (secondary N) is 2. The molecular weight excluding hydrogens is 588 g/mol. The molecule has 2 aromatic heterocycles. The Morgan fingerprint density at radius 1 is 0.978 bits per heavy atom. The van der Waals surface area contributed by atoms with Crippen molar-refractivity contribution in [2.45, 2.75) is 64.5 Å². The first-order chi connectivity index (χ1) is 21.8. The Balaban J connectivity index is 1.43. The summed E-state index contributed by atoms with van der Waals surface area (Å²) in [6.45, 7) is 2.72. The van der Waals surface area contributed by atoms with E-state index in [9.17, 15) is 19.5 Å². The van der Waals surface area contributed by atoms with Crippen molar-refractivity contribution < 1.29 is 24.2 Å². The molecule has 1 aliphatic carbocycles. The van der Waals surface area contributed by atoms with E-state index in [1.54, 1.807) is 29.5 Å². The van der Waals surface area contributed by atoms with E-state index >= 15 is 0 Å². The van der Waals surface area contributed by atoms with Crippen LogP contribution in [0.5, 0.6) is 5.75 Å². The van der Waals surface area contributed by atoms with E-state index in [0.717, 1.165) is 65.7 Å². The van der Waals surface area contributed by atoms with Crippen LogP contribution < -0.4 is 21.1 Å². The average Bonchev–Trinajstić information content (AvgIpc) is 3.25. The van der Waals surface area contributed by atoms with Gasteiger partial charge in [-0.05, 0) is 78.2 Å². The molecule has 45 heavy (non-hydrogen) atoms. The highest BCUT2D eigenvalue weighted by Gasteiger charge is 2.27. The monoisotopic (exact) mass is 624 g/mol. The molecule has 9 nitrogen and oxygen atoms in total. The second kappa shape index (κ2) is 13.2. The fourth-order valence-electron chi connectivity index (χ4n) is 6.16. The number of benzene rings is 2. The minimum Gasteiger partial charge on any atom is -0.493 e. The summed E-state index contributed by atoms with van der Waals surface area (Å²) in [4.78, 5) is 45.2. The SMILES string of the molecule is Cc1cc(CN)ccc1NC(=O)c1cc2c(cc1-c1ccc(C(=O)NC3CCCCCC3)nc1C(=O)O)OCCc1ccsc1-2. The summed E-state index contributed by atoms with van der Waals surface area (Å²) >= 11 is 1.57. The van der Waals surface area contributed by atoms with Gasteiger partial charge in [0.25, 0.3) is 11.8 Å². The third kappa shape index (κ3) is 6.48. The number of carbonyl (C=O) groups excluding carboxylic acids is 2. The molecule has 0 unspecified atom stereocenters. The lowest BCUT2D eigenvalue weighted by Crippen LogP contribution is -2.35. The Hall–Kier alpha value is -4.54. The van der Waals surface area contributed by atoms with Crippen molar-refractivity contribution in [2.24, 2.45) is 5.73 Å². The third-order valence-electron chi connectivity index (χ3n) is 8.57. The predicted octanol–water partition coefficient (Wildman–Crippen LogP) is 6.58. The Bertz CT molecular complexity index is 1770. The second-order valence-corrected chi connectivity index (χ2v) is 12.6. The summed E-state index contributed by atoms with van der Waals surface area (Å²) in [5.41, 5.74) is 10.7. The van der Waals surface area contributed by atoms with Crippen LogP contribution in [0.15, 0.2) is 53.9 Å². The molecule has 3 heterocycles. The molecule has 0 bridgehead atoms. The van der Waals surface area contributed by atoms with E-state index in [1.165, 1.54) is 6.07 Å². The number of fused-ring (bicyclic) bond motifs is 3. The molecule has 0 spiro atoms. The molecule has 10 heteroatoms. The molecule has 2 aliphatic rings. The molecule has 0 radical (unpaired) electrons. The van der Waals surface area contributed by atoms with Crippen molar-refractivity contribution in [2.75, 3.05) is 11.9 Å². The number of anilines is 1. The van der Waals surface area contributed by atoms with Gasteiger partial charge in [-0.3, -0.25) is 9.59 Å². The number of aromatic carboxylic acids is 1. The van der Waals surface area contributed by atoms with Gasteiger partial charge in [-0.2, -0.15) is 0 Å². The molecule has 1 fully saturated rings. The Labute approximate surface area is 265 Å². The minimum absolute atomic E-state index is 0.0243. The number of carbonyl (C=O) groups is 3. The Morgan fingerprint density at radius 3 is 2.51 bits per heavy atom. The van der Waals surface area contributed by atoms with Crippen molar-refractivity contribution in [3.05, 3.63) is 87.6 Å². The number of carboxylic acids is 1. The number of hydrogen-bond donors (Lipinski definition) is 4. The van der Waals surface area contributed by atoms with Gasteiger partial charge < -0.3 is 26.2 Å². The standard InChI is InChI=1S/C35H36N4O5S/c1-20-16-21(19-36)8-10-28(20)39-33(40)26-17-27-30(44-14-12-22-13-15-45-32(22)27)18-25(26)24-9-11-29(38-31(24)35(42)43)34(41)37-23-6-4-2-3-5-7-23/h8-11,13,15-18,23H,2-7,12,14,19,36H2,1H3,(H,37,41)(H,39,40)(H,42,43). The van der Waals surface area contributed by atoms with E-state index in [-0.39, 0.29) is 28.6 Å². The van der Waals surface area contributed by atoms with Gasteiger partial charge in [0, 0.05) is 51.8 Å². The number of thiophene rings is 1. The number of pyridine rings is 1. The normalized spacial score (nSPS) is 14.7. The second-order valence-electron chi connectivity index (χ2n) is 11.6. The number of ether oxygens (including phenoxy) is 1. The topological polar surface area (TPSA) is 144 Å². The van der Waals surface area contributed by atoms with E-state index in [1.807, 2.05) is 30.5 Å². The van der Waals surface area contributed by atoms with E-state index in [4.69, 9.17) is 10.5 Å². The molecule has 4 aromatic rings. The maximum Gasteiger partial charge on any atom is 0.355 e. The molecule has 1 saturated carbocycles. The maximum atomic E-state index is 14.0. The lowest BCUT2D eigenvalue weighted by atomic mass is 9.93. The molecule has 232 valence electrons. The number of nitrogens with zero attached hydrogens (tertiary/aromatic N) is 1. The van der Waals surface area contributed by atoms with Crippen molar-refractivity contribution >= 4 is 34.8 Å². The molecule has 1 aliphatic heterocycles. The van der Waals surface area contributed by atoms with Crippen LogP contribution in [0, 0.1) is 6.92 Å². The van der Waals surface area contributed by atoms with E-state index in [0.29, 0.717) is 36.6 Å². The Morgan fingerprint density at radius 2 is 1.78 bits per heavy atom. The largest absolute Gasteiger partial charge is 0.493 e. The average molecular weight is 625 g/mol. The number of aryl methyl sites for hydroxylation is 1. The van der Waals surface area contributed by atoms with Gasteiger partial charge in [0.2, 0.25) is 0 Å². The number of carboxylic acid groups (broad SMARTS) is 1. The van der Waals surface area contributed by atoms with Crippen molar-refractivity contribution in [3.63, 3.8) is 0 Å². The zero-order chi connectivity index (χ0) is 31.5. The van der Waals surface area contributed by atoms with Crippen LogP contribution in [-0.2, 0) is 13.0 Å². The van der Waals surface area contributed by atoms with Gasteiger partial charge in [0.05, 0.1) is 6.61 Å². The van der Waals surface area contributed by atoms with Crippen LogP contribution in [0.1, 0.15) is 86.6 Å². The molecule has 0 atom stereocenters. The van der Waals surface area contributed by atoms with Crippen LogP contribution in [0.4, 0.5) is 5.69 Å². The first-order valence-corrected chi connectivity index (χ1v) is 16.2. The summed E-state index contributed by atoms with van der Waals surface area (Å²) < 4.78 is 6.14. The lowest BCUT2D eigenvalue weighted by Gasteiger charge is -2.18. The van der Waals surface area contributed by atoms with Gasteiger partial charge >= 0.3 is 5.97 Å². The maximum absolute atomic E-state index is 14.0. The van der Waals surface area contributed by atoms with Gasteiger partial charge in [-0.1, -0.05) is 37.8 Å². The molecular formula is C35H36N4O5S. The zero-order valence-corrected chi connectivity index (χ0v) is 26.0. The number of rotatable bonds is 7. The first-order valence-electron chi connectivity index (χ1n) is 15.4. The highest BCUT2D eigenvalue weighted by molar-refractivity contribution is 7.13. The van der Waals surface area contributed by atoms with Crippen LogP contribution in [0.2, 0.25) is 0 Å². The number of nitrogens with two attached hydrogens (primary N) is 1. The van der Waals surface area contributed by atoms with Gasteiger partial charge in [0.1, 0.15) is 11.4 Å². The smallest absolute Gasteiger partial charge is 0.355 e. The molecule has 2 aromatic carbocycles. The number of amides is 2. The van der Waals surface area contributed by atoms with Crippen LogP contribution in [0.25, 0.3) is 21.6 Å². The van der Waals surface area contributed by atoms with Crippen molar-refractivity contribution in [3.8, 4) is 27.3 Å². The molecule has 6 rings (SSSR count). The molecule has 0 saturated heterocycles. The van der Waals surface area contributed by atoms with Gasteiger partial charge in [-0.25, -0.2) is 9.78 Å². The van der Waals surface area contributed by atoms with Crippen LogP contribution in [-0.4, -0.2) is 40.5 Å². The predicted molar refractivity (Wildman–Crippen MR) is 175 cm³/mol. The summed E-state index contributed by atoms with van der Waals surface area (Å²) in [5, 5.41) is 18.4. The summed E-state index contributed by atoms with van der Waals surface area (Å²) in [6, 6.07) is 14.3. The fraction of sp³-hybridized carbons (Fsp3) is 0.314. The lowest BCUT2D eigenvalue weighted by molar-refractivity contribution is 0.0691. The third-order valence-corrected chi connectivity index (χ3v) is 9.56. The summed E-state index contributed by atoms with van der Waals surface area (Å²) in [6.07, 6.45) is 6.89. The number of hydrogen-bond acceptors (Lipinski definition) is 7. The molecule has 5 N–H and O–H groups in total. The van der Waals surface area contributed by atoms with E-state index < -0.39 is 17.8 Å². The fourth-order valence-corrected chi connectivity index (χ4v) is 7.14. The number of aromatic nitrogens is 1. The van der Waals surface area contributed by atoms with Crippen LogP contribution >= 0.6 is 11.3 Å². The van der Waals surface area contributed by atoms with Crippen LogP contribution in [0.3, 0.4) is 0 Å². The van der Waals surface area contributed by atoms with E-state index in [2.05, 4.69) is 21.7 Å². The minimum atomic E-state index is -1.30. The summed E-state index contributed by atoms with van der Waals surface area (Å²) in [7, 11) is 0. The van der Waals surface area contributed by atoms with Crippen molar-refractivity contribution in [1.82, 2.24) is 10.3 Å². The highest BCUT2D eigenvalue weighted by atomic mass is 32.1. The summed E-state index contributed by atoms with van der Waals surface area (Å²) in [5.74, 6) is -1.56. The van der Waals surface area contributed by atoms with Crippen molar-refractivity contribution in [1.29, 1.82) is 0 Å². The zero-order valence-electron chi connectivity index (χ0n) is 25.2.